The second-order valence-corrected chi connectivity index (χ2v) is 5.82. The minimum Gasteiger partial charge on any atom is -0.373 e. The lowest BCUT2D eigenvalue weighted by Gasteiger charge is -2.16. The van der Waals surface area contributed by atoms with Crippen LogP contribution in [-0.2, 0) is 11.8 Å². The van der Waals surface area contributed by atoms with Crippen molar-refractivity contribution in [3.8, 4) is 5.82 Å². The summed E-state index contributed by atoms with van der Waals surface area (Å²) < 4.78 is 8.92. The number of nitrogens with zero attached hydrogens (tertiary/aromatic N) is 5. The second-order valence-electron chi connectivity index (χ2n) is 5.82. The van der Waals surface area contributed by atoms with Crippen molar-refractivity contribution in [2.24, 2.45) is 7.05 Å². The van der Waals surface area contributed by atoms with Crippen molar-refractivity contribution >= 4 is 5.91 Å². The Morgan fingerprint density at radius 3 is 2.76 bits per heavy atom. The number of hydrogen-bond donors (Lipinski definition) is 1. The molecule has 1 amide bonds. The van der Waals surface area contributed by atoms with Gasteiger partial charge in [-0.1, -0.05) is 0 Å². The predicted molar refractivity (Wildman–Crippen MR) is 74.0 cm³/mol. The highest BCUT2D eigenvalue weighted by atomic mass is 16.5. The lowest BCUT2D eigenvalue weighted by atomic mass is 10.0. The van der Waals surface area contributed by atoms with E-state index in [0.29, 0.717) is 18.0 Å². The van der Waals surface area contributed by atoms with Crippen molar-refractivity contribution < 1.29 is 9.53 Å². The van der Waals surface area contributed by atoms with Gasteiger partial charge in [-0.25, -0.2) is 0 Å². The molecule has 0 radical (unpaired) electrons. The summed E-state index contributed by atoms with van der Waals surface area (Å²) in [4.78, 5) is 12.5. The molecular weight excluding hydrogens is 272 g/mol. The Balaban J connectivity index is 1.80. The van der Waals surface area contributed by atoms with Crippen LogP contribution in [0.2, 0.25) is 0 Å². The fraction of sp³-hybridized carbons (Fsp3) is 0.538. The molecule has 8 nitrogen and oxygen atoms in total. The normalized spacial score (nSPS) is 20.6. The predicted octanol–water partition coefficient (Wildman–Crippen LogP) is 0.298. The van der Waals surface area contributed by atoms with E-state index in [-0.39, 0.29) is 17.6 Å². The van der Waals surface area contributed by atoms with Crippen LogP contribution in [0.5, 0.6) is 0 Å². The third-order valence-corrected chi connectivity index (χ3v) is 3.56. The Labute approximate surface area is 122 Å². The lowest BCUT2D eigenvalue weighted by Crippen LogP contribution is -2.36. The Morgan fingerprint density at radius 2 is 2.14 bits per heavy atom. The van der Waals surface area contributed by atoms with E-state index in [4.69, 9.17) is 4.74 Å². The second kappa shape index (κ2) is 4.96. The van der Waals surface area contributed by atoms with Crippen LogP contribution in [-0.4, -0.2) is 48.7 Å². The summed E-state index contributed by atoms with van der Waals surface area (Å²) in [6, 6.07) is 0.0152. The summed E-state index contributed by atoms with van der Waals surface area (Å²) >= 11 is 0. The first-order chi connectivity index (χ1) is 9.96. The van der Waals surface area contributed by atoms with E-state index in [9.17, 15) is 4.79 Å². The van der Waals surface area contributed by atoms with Gasteiger partial charge in [-0.05, 0) is 20.3 Å². The summed E-state index contributed by atoms with van der Waals surface area (Å²) in [6.07, 6.45) is 5.41. The van der Waals surface area contributed by atoms with Gasteiger partial charge in [0.25, 0.3) is 5.91 Å². The number of carbonyl (C=O) groups excluding carboxylic acids is 1. The molecule has 1 saturated heterocycles. The minimum atomic E-state index is -0.190. The maximum absolute atomic E-state index is 12.5. The highest BCUT2D eigenvalue weighted by Crippen LogP contribution is 2.24. The highest BCUT2D eigenvalue weighted by Gasteiger charge is 2.33. The van der Waals surface area contributed by atoms with Gasteiger partial charge in [-0.15, -0.1) is 10.2 Å². The van der Waals surface area contributed by atoms with Crippen LogP contribution in [0, 0.1) is 0 Å². The van der Waals surface area contributed by atoms with Crippen LogP contribution in [0.4, 0.5) is 0 Å². The van der Waals surface area contributed by atoms with E-state index in [0.717, 1.165) is 6.42 Å². The Bertz CT molecular complexity index is 646. The number of amides is 1. The zero-order chi connectivity index (χ0) is 15.0. The number of nitrogens with one attached hydrogen (secondary N) is 1. The summed E-state index contributed by atoms with van der Waals surface area (Å²) in [7, 11) is 1.77. The van der Waals surface area contributed by atoms with Crippen LogP contribution < -0.4 is 5.32 Å². The first-order valence-corrected chi connectivity index (χ1v) is 6.78. The molecule has 21 heavy (non-hydrogen) atoms. The average Bonchev–Trinajstić information content (AvgIpc) is 3.09. The lowest BCUT2D eigenvalue weighted by molar-refractivity contribution is 0.0355. The first-order valence-electron chi connectivity index (χ1n) is 6.78. The van der Waals surface area contributed by atoms with Crippen LogP contribution in [0.25, 0.3) is 5.82 Å². The Kier molecular flexibility index (Phi) is 3.25. The third kappa shape index (κ3) is 2.66. The molecule has 2 aromatic heterocycles. The van der Waals surface area contributed by atoms with Crippen molar-refractivity contribution in [2.45, 2.75) is 31.9 Å². The van der Waals surface area contributed by atoms with Gasteiger partial charge in [0.05, 0.1) is 24.4 Å². The monoisotopic (exact) mass is 290 g/mol. The van der Waals surface area contributed by atoms with Crippen molar-refractivity contribution in [1.82, 2.24) is 29.9 Å². The van der Waals surface area contributed by atoms with Crippen molar-refractivity contribution in [3.63, 3.8) is 0 Å². The fourth-order valence-electron chi connectivity index (χ4n) is 2.60. The average molecular weight is 290 g/mol. The van der Waals surface area contributed by atoms with Gasteiger partial charge in [0.1, 0.15) is 24.0 Å². The van der Waals surface area contributed by atoms with E-state index >= 15 is 0 Å². The smallest absolute Gasteiger partial charge is 0.256 e. The molecule has 2 aromatic rings. The molecule has 1 N–H and O–H groups in total. The van der Waals surface area contributed by atoms with Crippen molar-refractivity contribution in [1.29, 1.82) is 0 Å². The molecule has 8 heteroatoms. The molecule has 0 aliphatic carbocycles. The zero-order valence-electron chi connectivity index (χ0n) is 12.3. The first kappa shape index (κ1) is 13.7. The number of aryl methyl sites for hydroxylation is 1. The number of ether oxygens (including phenoxy) is 1. The van der Waals surface area contributed by atoms with Crippen LogP contribution in [0.1, 0.15) is 30.6 Å². The molecule has 1 fully saturated rings. The third-order valence-electron chi connectivity index (χ3n) is 3.56. The largest absolute Gasteiger partial charge is 0.373 e. The van der Waals surface area contributed by atoms with E-state index in [2.05, 4.69) is 20.6 Å². The summed E-state index contributed by atoms with van der Waals surface area (Å²) in [5.41, 5.74) is 0.297. The van der Waals surface area contributed by atoms with Gasteiger partial charge in [0.15, 0.2) is 0 Å². The fourth-order valence-corrected chi connectivity index (χ4v) is 2.60. The molecule has 112 valence electrons. The van der Waals surface area contributed by atoms with Crippen LogP contribution >= 0.6 is 0 Å². The zero-order valence-corrected chi connectivity index (χ0v) is 12.3. The number of hydrogen-bond acceptors (Lipinski definition) is 5. The SMILES string of the molecule is Cn1ncc(C(=O)NC2COC(C)(C)C2)c1-n1cnnc1. The van der Waals surface area contributed by atoms with E-state index < -0.39 is 0 Å². The molecule has 1 unspecified atom stereocenters. The highest BCUT2D eigenvalue weighted by molar-refractivity contribution is 5.97. The molecule has 1 atom stereocenters. The molecular formula is C13H18N6O2. The van der Waals surface area contributed by atoms with Crippen molar-refractivity contribution in [3.05, 3.63) is 24.4 Å². The standard InChI is InChI=1S/C13H18N6O2/c1-13(2)4-9(6-21-13)17-11(20)10-5-16-18(3)12(10)19-7-14-15-8-19/h5,7-9H,4,6H2,1-3H3,(H,17,20). The molecule has 0 spiro atoms. The van der Waals surface area contributed by atoms with E-state index in [1.54, 1.807) is 22.5 Å². The topological polar surface area (TPSA) is 86.9 Å². The Morgan fingerprint density at radius 1 is 1.43 bits per heavy atom. The molecule has 0 bridgehead atoms. The molecule has 1 aliphatic rings. The number of rotatable bonds is 3. The molecule has 3 rings (SSSR count). The van der Waals surface area contributed by atoms with Gasteiger partial charge in [-0.3, -0.25) is 14.0 Å². The van der Waals surface area contributed by atoms with Gasteiger partial charge in [0.2, 0.25) is 0 Å². The molecule has 3 heterocycles. The summed E-state index contributed by atoms with van der Waals surface area (Å²) in [6.45, 7) is 4.57. The quantitative estimate of drug-likeness (QED) is 0.878. The maximum atomic E-state index is 12.5. The molecule has 0 aromatic carbocycles. The minimum absolute atomic E-state index is 0.0152. The van der Waals surface area contributed by atoms with Gasteiger partial charge < -0.3 is 10.1 Å². The van der Waals surface area contributed by atoms with Gasteiger partial charge >= 0.3 is 0 Å². The molecule has 0 saturated carbocycles. The summed E-state index contributed by atoms with van der Waals surface area (Å²) in [5, 5.41) is 14.7. The van der Waals surface area contributed by atoms with Gasteiger partial charge in [0, 0.05) is 7.05 Å². The molecule has 1 aliphatic heterocycles. The van der Waals surface area contributed by atoms with E-state index in [1.165, 1.54) is 12.7 Å². The van der Waals surface area contributed by atoms with Crippen LogP contribution in [0.15, 0.2) is 18.9 Å². The Hall–Kier alpha value is -2.22. The summed E-state index contributed by atoms with van der Waals surface area (Å²) in [5.74, 6) is 0.466. The number of carbonyl (C=O) groups is 1. The maximum Gasteiger partial charge on any atom is 0.256 e. The number of aromatic nitrogens is 5. The van der Waals surface area contributed by atoms with E-state index in [1.807, 2.05) is 13.8 Å². The van der Waals surface area contributed by atoms with Crippen molar-refractivity contribution in [2.75, 3.05) is 6.61 Å². The van der Waals surface area contributed by atoms with Crippen LogP contribution in [0.3, 0.4) is 0 Å². The van der Waals surface area contributed by atoms with Gasteiger partial charge in [-0.2, -0.15) is 5.10 Å².